The number of amides is 1. The Hall–Kier alpha value is -3.03. The summed E-state index contributed by atoms with van der Waals surface area (Å²) in [7, 11) is -2.36. The predicted molar refractivity (Wildman–Crippen MR) is 127 cm³/mol. The first-order chi connectivity index (χ1) is 15.4. The summed E-state index contributed by atoms with van der Waals surface area (Å²) in [6.07, 6.45) is 1.50. The lowest BCUT2D eigenvalue weighted by Crippen LogP contribution is -2.41. The molecule has 0 unspecified atom stereocenters. The standard InChI is InChI=1S/C24H25ClN2O4S/c1-31-20-15-13-19(14-16-20)8-7-17-26-24(28)18-27(23-12-6-5-11-22(23)25)32(29,30)21-9-3-2-4-10-21/h2-6,9-16H,7-8,17-18H2,1H3,(H,26,28). The van der Waals surface area contributed by atoms with Gasteiger partial charge >= 0.3 is 0 Å². The van der Waals surface area contributed by atoms with Gasteiger partial charge in [0.05, 0.1) is 22.7 Å². The van der Waals surface area contributed by atoms with Gasteiger partial charge in [-0.15, -0.1) is 0 Å². The van der Waals surface area contributed by atoms with Crippen molar-refractivity contribution in [1.29, 1.82) is 0 Å². The molecule has 168 valence electrons. The number of sulfonamides is 1. The van der Waals surface area contributed by atoms with Gasteiger partial charge in [0, 0.05) is 6.54 Å². The molecule has 0 saturated carbocycles. The molecule has 0 fully saturated rings. The van der Waals surface area contributed by atoms with Crippen molar-refractivity contribution >= 4 is 33.2 Å². The molecule has 0 aliphatic carbocycles. The summed E-state index contributed by atoms with van der Waals surface area (Å²) in [6.45, 7) is 0.0517. The van der Waals surface area contributed by atoms with E-state index in [9.17, 15) is 13.2 Å². The number of rotatable bonds is 10. The highest BCUT2D eigenvalue weighted by Gasteiger charge is 2.28. The van der Waals surface area contributed by atoms with Gasteiger partial charge in [0.1, 0.15) is 12.3 Å². The van der Waals surface area contributed by atoms with Crippen LogP contribution in [-0.2, 0) is 21.2 Å². The van der Waals surface area contributed by atoms with Crippen LogP contribution in [0.25, 0.3) is 0 Å². The zero-order chi connectivity index (χ0) is 23.0. The van der Waals surface area contributed by atoms with Gasteiger partial charge in [-0.3, -0.25) is 9.10 Å². The number of carbonyl (C=O) groups excluding carboxylic acids is 1. The molecular weight excluding hydrogens is 448 g/mol. The summed E-state index contributed by atoms with van der Waals surface area (Å²) in [5.74, 6) is 0.389. The van der Waals surface area contributed by atoms with Crippen LogP contribution in [0.15, 0.2) is 83.8 Å². The third-order valence-electron chi connectivity index (χ3n) is 4.86. The average Bonchev–Trinajstić information content (AvgIpc) is 2.82. The summed E-state index contributed by atoms with van der Waals surface area (Å²) in [4.78, 5) is 12.7. The Morgan fingerprint density at radius 2 is 1.62 bits per heavy atom. The van der Waals surface area contributed by atoms with Gasteiger partial charge < -0.3 is 10.1 Å². The molecule has 32 heavy (non-hydrogen) atoms. The van der Waals surface area contributed by atoms with Crippen molar-refractivity contribution in [2.24, 2.45) is 0 Å². The molecule has 3 aromatic carbocycles. The lowest BCUT2D eigenvalue weighted by atomic mass is 10.1. The number of ether oxygens (including phenoxy) is 1. The molecule has 0 heterocycles. The molecule has 6 nitrogen and oxygen atoms in total. The van der Waals surface area contributed by atoms with Crippen LogP contribution in [0, 0.1) is 0 Å². The molecular formula is C24H25ClN2O4S. The Labute approximate surface area is 193 Å². The highest BCUT2D eigenvalue weighted by molar-refractivity contribution is 7.92. The van der Waals surface area contributed by atoms with Crippen molar-refractivity contribution in [3.8, 4) is 5.75 Å². The van der Waals surface area contributed by atoms with E-state index < -0.39 is 15.9 Å². The number of methoxy groups -OCH3 is 1. The van der Waals surface area contributed by atoms with Crippen LogP contribution in [-0.4, -0.2) is 34.5 Å². The zero-order valence-corrected chi connectivity index (χ0v) is 19.3. The van der Waals surface area contributed by atoms with E-state index in [1.165, 1.54) is 12.1 Å². The number of hydrogen-bond donors (Lipinski definition) is 1. The van der Waals surface area contributed by atoms with Crippen molar-refractivity contribution < 1.29 is 17.9 Å². The number of nitrogens with one attached hydrogen (secondary N) is 1. The van der Waals surface area contributed by atoms with Gasteiger partial charge in [0.25, 0.3) is 10.0 Å². The van der Waals surface area contributed by atoms with Gasteiger partial charge in [-0.2, -0.15) is 0 Å². The fourth-order valence-electron chi connectivity index (χ4n) is 3.17. The molecule has 0 saturated heterocycles. The summed E-state index contributed by atoms with van der Waals surface area (Å²) >= 11 is 6.27. The molecule has 0 bridgehead atoms. The number of carbonyl (C=O) groups is 1. The van der Waals surface area contributed by atoms with Gasteiger partial charge in [0.15, 0.2) is 0 Å². The fraction of sp³-hybridized carbons (Fsp3) is 0.208. The first-order valence-corrected chi connectivity index (χ1v) is 12.0. The van der Waals surface area contributed by atoms with Crippen LogP contribution >= 0.6 is 11.6 Å². The van der Waals surface area contributed by atoms with Gasteiger partial charge in [-0.05, 0) is 54.8 Å². The van der Waals surface area contributed by atoms with Crippen LogP contribution in [0.1, 0.15) is 12.0 Å². The number of aryl methyl sites for hydroxylation is 1. The van der Waals surface area contributed by atoms with E-state index >= 15 is 0 Å². The van der Waals surface area contributed by atoms with E-state index in [0.717, 1.165) is 28.5 Å². The number of para-hydroxylation sites is 1. The number of benzene rings is 3. The zero-order valence-electron chi connectivity index (χ0n) is 17.7. The van der Waals surface area contributed by atoms with Crippen LogP contribution in [0.2, 0.25) is 5.02 Å². The maximum Gasteiger partial charge on any atom is 0.264 e. The first-order valence-electron chi connectivity index (χ1n) is 10.1. The minimum Gasteiger partial charge on any atom is -0.497 e. The second-order valence-electron chi connectivity index (χ2n) is 7.08. The SMILES string of the molecule is COc1ccc(CCCNC(=O)CN(c2ccccc2Cl)S(=O)(=O)c2ccccc2)cc1. The third-order valence-corrected chi connectivity index (χ3v) is 6.96. The number of nitrogens with zero attached hydrogens (tertiary/aromatic N) is 1. The van der Waals surface area contributed by atoms with Crippen LogP contribution in [0.3, 0.4) is 0 Å². The lowest BCUT2D eigenvalue weighted by Gasteiger charge is -2.25. The molecule has 1 N–H and O–H groups in total. The van der Waals surface area contributed by atoms with Crippen molar-refractivity contribution in [1.82, 2.24) is 5.32 Å². The van der Waals surface area contributed by atoms with E-state index in [-0.39, 0.29) is 22.2 Å². The number of hydrogen-bond acceptors (Lipinski definition) is 4. The van der Waals surface area contributed by atoms with E-state index in [0.29, 0.717) is 6.54 Å². The second-order valence-corrected chi connectivity index (χ2v) is 9.35. The Morgan fingerprint density at radius 3 is 2.28 bits per heavy atom. The Bertz CT molecular complexity index is 1140. The summed E-state index contributed by atoms with van der Waals surface area (Å²) in [5, 5.41) is 3.06. The molecule has 8 heteroatoms. The maximum atomic E-state index is 13.3. The molecule has 0 aromatic heterocycles. The van der Waals surface area contributed by atoms with Crippen LogP contribution in [0.5, 0.6) is 5.75 Å². The molecule has 0 aliphatic heterocycles. The van der Waals surface area contributed by atoms with E-state index in [2.05, 4.69) is 5.32 Å². The maximum absolute atomic E-state index is 13.3. The minimum atomic E-state index is -3.98. The average molecular weight is 473 g/mol. The van der Waals surface area contributed by atoms with Crippen molar-refractivity contribution in [3.63, 3.8) is 0 Å². The van der Waals surface area contributed by atoms with Crippen LogP contribution in [0.4, 0.5) is 5.69 Å². The van der Waals surface area contributed by atoms with Gasteiger partial charge in [-0.1, -0.05) is 54.1 Å². The second kappa shape index (κ2) is 11.0. The largest absolute Gasteiger partial charge is 0.497 e. The fourth-order valence-corrected chi connectivity index (χ4v) is 4.92. The summed E-state index contributed by atoms with van der Waals surface area (Å²) in [6, 6.07) is 22.3. The van der Waals surface area contributed by atoms with E-state index in [4.69, 9.17) is 16.3 Å². The van der Waals surface area contributed by atoms with Crippen molar-refractivity contribution in [3.05, 3.63) is 89.4 Å². The molecule has 0 radical (unpaired) electrons. The smallest absolute Gasteiger partial charge is 0.264 e. The van der Waals surface area contributed by atoms with E-state index in [1.54, 1.807) is 49.6 Å². The molecule has 1 amide bonds. The number of anilines is 1. The third kappa shape index (κ3) is 6.02. The van der Waals surface area contributed by atoms with Crippen molar-refractivity contribution in [2.75, 3.05) is 24.5 Å². The number of halogens is 1. The van der Waals surface area contributed by atoms with Crippen LogP contribution < -0.4 is 14.4 Å². The first kappa shape index (κ1) is 23.6. The normalized spacial score (nSPS) is 11.1. The van der Waals surface area contributed by atoms with Gasteiger partial charge in [0.2, 0.25) is 5.91 Å². The van der Waals surface area contributed by atoms with Gasteiger partial charge in [-0.25, -0.2) is 8.42 Å². The quantitative estimate of drug-likeness (QED) is 0.446. The highest BCUT2D eigenvalue weighted by Crippen LogP contribution is 2.30. The monoisotopic (exact) mass is 472 g/mol. The predicted octanol–water partition coefficient (Wildman–Crippen LogP) is 4.29. The van der Waals surface area contributed by atoms with E-state index in [1.807, 2.05) is 24.3 Å². The molecule has 0 atom stereocenters. The minimum absolute atomic E-state index is 0.0900. The Balaban J connectivity index is 1.67. The highest BCUT2D eigenvalue weighted by atomic mass is 35.5. The molecule has 3 aromatic rings. The topological polar surface area (TPSA) is 75.7 Å². The molecule has 0 spiro atoms. The Morgan fingerprint density at radius 1 is 0.969 bits per heavy atom. The summed E-state index contributed by atoms with van der Waals surface area (Å²) in [5.41, 5.74) is 1.39. The summed E-state index contributed by atoms with van der Waals surface area (Å²) < 4.78 is 32.7. The lowest BCUT2D eigenvalue weighted by molar-refractivity contribution is -0.119. The molecule has 3 rings (SSSR count). The molecule has 0 aliphatic rings. The Kier molecular flexibility index (Phi) is 8.14. The van der Waals surface area contributed by atoms with Crippen molar-refractivity contribution in [2.45, 2.75) is 17.7 Å².